The highest BCUT2D eigenvalue weighted by Crippen LogP contribution is 2.14. The van der Waals surface area contributed by atoms with Crippen molar-refractivity contribution in [3.63, 3.8) is 0 Å². The summed E-state index contributed by atoms with van der Waals surface area (Å²) in [4.78, 5) is 22.9. The first-order valence-electron chi connectivity index (χ1n) is 6.45. The Hall–Kier alpha value is -1.88. The van der Waals surface area contributed by atoms with Gasteiger partial charge in [0.2, 0.25) is 11.8 Å². The monoisotopic (exact) mass is 263 g/mol. The number of carbonyl (C=O) groups excluding carboxylic acids is 2. The molecule has 19 heavy (non-hydrogen) atoms. The highest BCUT2D eigenvalue weighted by molar-refractivity contribution is 5.92. The zero-order valence-corrected chi connectivity index (χ0v) is 11.4. The Morgan fingerprint density at radius 1 is 1.11 bits per heavy atom. The van der Waals surface area contributed by atoms with Crippen LogP contribution in [0.4, 0.5) is 11.4 Å². The highest BCUT2D eigenvalue weighted by atomic mass is 16.2. The molecule has 5 nitrogen and oxygen atoms in total. The maximum Gasteiger partial charge on any atom is 0.224 e. The minimum Gasteiger partial charge on any atom is -0.330 e. The van der Waals surface area contributed by atoms with Gasteiger partial charge in [0.15, 0.2) is 0 Å². The molecule has 0 bridgehead atoms. The van der Waals surface area contributed by atoms with Gasteiger partial charge in [-0.15, -0.1) is 0 Å². The molecule has 0 heterocycles. The summed E-state index contributed by atoms with van der Waals surface area (Å²) in [6.45, 7) is 4.22. The quantitative estimate of drug-likeness (QED) is 0.733. The molecule has 1 atom stereocenters. The summed E-state index contributed by atoms with van der Waals surface area (Å²) in [5, 5.41) is 5.54. The van der Waals surface area contributed by atoms with Gasteiger partial charge >= 0.3 is 0 Å². The Balaban J connectivity index is 2.52. The molecule has 1 unspecified atom stereocenters. The van der Waals surface area contributed by atoms with E-state index in [1.165, 1.54) is 0 Å². The van der Waals surface area contributed by atoms with E-state index >= 15 is 0 Å². The molecule has 0 spiro atoms. The lowest BCUT2D eigenvalue weighted by molar-refractivity contribution is -0.117. The third-order valence-electron chi connectivity index (χ3n) is 2.71. The van der Waals surface area contributed by atoms with Crippen LogP contribution in [0.1, 0.15) is 26.7 Å². The van der Waals surface area contributed by atoms with Crippen LogP contribution >= 0.6 is 0 Å². The van der Waals surface area contributed by atoms with Crippen LogP contribution in [0.5, 0.6) is 0 Å². The minimum absolute atomic E-state index is 0.0337. The van der Waals surface area contributed by atoms with Crippen LogP contribution in [0.25, 0.3) is 0 Å². The van der Waals surface area contributed by atoms with Crippen molar-refractivity contribution >= 4 is 23.2 Å². The zero-order chi connectivity index (χ0) is 14.3. The van der Waals surface area contributed by atoms with Crippen molar-refractivity contribution in [2.75, 3.05) is 17.2 Å². The van der Waals surface area contributed by atoms with Crippen LogP contribution in [-0.4, -0.2) is 18.4 Å². The number of benzene rings is 1. The van der Waals surface area contributed by atoms with Gasteiger partial charge in [-0.2, -0.15) is 0 Å². The number of hydrogen-bond donors (Lipinski definition) is 3. The molecule has 0 saturated carbocycles. The first-order valence-corrected chi connectivity index (χ1v) is 6.45. The Morgan fingerprint density at radius 3 is 2.00 bits per heavy atom. The second-order valence-corrected chi connectivity index (χ2v) is 4.57. The number of rotatable bonds is 6. The molecule has 0 aliphatic rings. The fourth-order valence-electron chi connectivity index (χ4n) is 1.50. The normalized spacial score (nSPS) is 11.7. The Kier molecular flexibility index (Phi) is 6.02. The van der Waals surface area contributed by atoms with Gasteiger partial charge in [0, 0.05) is 24.2 Å². The van der Waals surface area contributed by atoms with Crippen LogP contribution < -0.4 is 16.4 Å². The first kappa shape index (κ1) is 15.2. The van der Waals surface area contributed by atoms with Gasteiger partial charge in [-0.3, -0.25) is 9.59 Å². The molecule has 1 rings (SSSR count). The van der Waals surface area contributed by atoms with E-state index in [1.807, 2.05) is 6.92 Å². The molecule has 0 aromatic heterocycles. The van der Waals surface area contributed by atoms with Crippen LogP contribution in [0, 0.1) is 5.92 Å². The Bertz CT molecular complexity index is 429. The number of amides is 2. The van der Waals surface area contributed by atoms with E-state index in [-0.39, 0.29) is 17.7 Å². The van der Waals surface area contributed by atoms with Gasteiger partial charge in [0.1, 0.15) is 0 Å². The smallest absolute Gasteiger partial charge is 0.224 e. The van der Waals surface area contributed by atoms with E-state index in [4.69, 9.17) is 5.73 Å². The summed E-state index contributed by atoms with van der Waals surface area (Å²) < 4.78 is 0. The van der Waals surface area contributed by atoms with E-state index in [0.717, 1.165) is 5.69 Å². The van der Waals surface area contributed by atoms with E-state index in [2.05, 4.69) is 10.6 Å². The van der Waals surface area contributed by atoms with Crippen LogP contribution in [0.3, 0.4) is 0 Å². The Morgan fingerprint density at radius 2 is 1.58 bits per heavy atom. The van der Waals surface area contributed by atoms with Crippen molar-refractivity contribution in [3.8, 4) is 0 Å². The van der Waals surface area contributed by atoms with Crippen molar-refractivity contribution in [2.24, 2.45) is 11.7 Å². The lowest BCUT2D eigenvalue weighted by atomic mass is 10.1. The highest BCUT2D eigenvalue weighted by Gasteiger charge is 2.07. The first-order chi connectivity index (χ1) is 9.05. The summed E-state index contributed by atoms with van der Waals surface area (Å²) in [6, 6.07) is 7.04. The van der Waals surface area contributed by atoms with Crippen molar-refractivity contribution in [1.82, 2.24) is 0 Å². The van der Waals surface area contributed by atoms with Crippen molar-refractivity contribution in [3.05, 3.63) is 24.3 Å². The topological polar surface area (TPSA) is 84.2 Å². The molecular formula is C14H21N3O2. The van der Waals surface area contributed by atoms with Crippen LogP contribution in [-0.2, 0) is 9.59 Å². The van der Waals surface area contributed by atoms with Gasteiger partial charge in [-0.05, 0) is 36.7 Å². The van der Waals surface area contributed by atoms with E-state index in [0.29, 0.717) is 25.1 Å². The third kappa shape index (κ3) is 5.52. The number of anilines is 2. The number of nitrogens with two attached hydrogens (primary N) is 1. The average Bonchev–Trinajstić information content (AvgIpc) is 2.40. The molecule has 1 aromatic rings. The third-order valence-corrected chi connectivity index (χ3v) is 2.71. The van der Waals surface area contributed by atoms with E-state index in [9.17, 15) is 9.59 Å². The second-order valence-electron chi connectivity index (χ2n) is 4.57. The van der Waals surface area contributed by atoms with Gasteiger partial charge in [0.25, 0.3) is 0 Å². The van der Waals surface area contributed by atoms with Crippen LogP contribution in [0.2, 0.25) is 0 Å². The molecule has 5 heteroatoms. The predicted molar refractivity (Wildman–Crippen MR) is 76.8 cm³/mol. The number of hydrogen-bond acceptors (Lipinski definition) is 3. The fourth-order valence-corrected chi connectivity index (χ4v) is 1.50. The molecule has 104 valence electrons. The minimum atomic E-state index is -0.0525. The lowest BCUT2D eigenvalue weighted by Gasteiger charge is -2.10. The average molecular weight is 263 g/mol. The second kappa shape index (κ2) is 7.53. The zero-order valence-electron chi connectivity index (χ0n) is 11.4. The Labute approximate surface area is 113 Å². The predicted octanol–water partition coefficient (Wildman–Crippen LogP) is 1.96. The molecule has 2 amide bonds. The van der Waals surface area contributed by atoms with Gasteiger partial charge in [-0.25, -0.2) is 0 Å². The maximum absolute atomic E-state index is 11.7. The molecule has 0 aliphatic carbocycles. The van der Waals surface area contributed by atoms with Crippen molar-refractivity contribution < 1.29 is 9.59 Å². The molecule has 0 aliphatic heterocycles. The number of nitrogens with one attached hydrogen (secondary N) is 2. The lowest BCUT2D eigenvalue weighted by Crippen LogP contribution is -2.20. The van der Waals surface area contributed by atoms with E-state index < -0.39 is 0 Å². The summed E-state index contributed by atoms with van der Waals surface area (Å²) in [6.07, 6.45) is 0.848. The molecule has 0 radical (unpaired) electrons. The van der Waals surface area contributed by atoms with Crippen LogP contribution in [0.15, 0.2) is 24.3 Å². The van der Waals surface area contributed by atoms with Crippen molar-refractivity contribution in [2.45, 2.75) is 26.7 Å². The molecule has 0 saturated heterocycles. The molecule has 0 fully saturated rings. The SMILES string of the molecule is CCC(=O)Nc1ccc(NC(=O)CC(C)CN)cc1. The summed E-state index contributed by atoms with van der Waals surface area (Å²) in [5.74, 6) is 0.0833. The van der Waals surface area contributed by atoms with Gasteiger partial charge in [0.05, 0.1) is 0 Å². The molecule has 1 aromatic carbocycles. The summed E-state index contributed by atoms with van der Waals surface area (Å²) in [7, 11) is 0. The summed E-state index contributed by atoms with van der Waals surface area (Å²) in [5.41, 5.74) is 6.91. The van der Waals surface area contributed by atoms with Gasteiger partial charge < -0.3 is 16.4 Å². The molecule has 4 N–H and O–H groups in total. The molecular weight excluding hydrogens is 242 g/mol. The fraction of sp³-hybridized carbons (Fsp3) is 0.429. The van der Waals surface area contributed by atoms with E-state index in [1.54, 1.807) is 31.2 Å². The van der Waals surface area contributed by atoms with Crippen molar-refractivity contribution in [1.29, 1.82) is 0 Å². The number of carbonyl (C=O) groups is 2. The summed E-state index contributed by atoms with van der Waals surface area (Å²) >= 11 is 0. The standard InChI is InChI=1S/C14H21N3O2/c1-3-13(18)16-11-4-6-12(7-5-11)17-14(19)8-10(2)9-15/h4-7,10H,3,8-9,15H2,1-2H3,(H,16,18)(H,17,19). The van der Waals surface area contributed by atoms with Gasteiger partial charge in [-0.1, -0.05) is 13.8 Å². The maximum atomic E-state index is 11.7. The largest absolute Gasteiger partial charge is 0.330 e.